The Bertz CT molecular complexity index is 503. The summed E-state index contributed by atoms with van der Waals surface area (Å²) in [6.07, 6.45) is -0.234. The van der Waals surface area contributed by atoms with Gasteiger partial charge in [-0.3, -0.25) is 4.79 Å². The summed E-state index contributed by atoms with van der Waals surface area (Å²) in [5.74, 6) is -2.11. The predicted molar refractivity (Wildman–Crippen MR) is 71.4 cm³/mol. The van der Waals surface area contributed by atoms with Crippen molar-refractivity contribution in [2.24, 2.45) is 0 Å². The number of carboxylic acid groups (broad SMARTS) is 1. The molecule has 1 aliphatic rings. The van der Waals surface area contributed by atoms with E-state index in [-0.39, 0.29) is 37.4 Å². The van der Waals surface area contributed by atoms with Crippen LogP contribution in [0.25, 0.3) is 0 Å². The average molecular weight is 322 g/mol. The van der Waals surface area contributed by atoms with E-state index in [2.05, 4.69) is 10.1 Å². The Hall–Kier alpha value is -1.84. The molecule has 0 saturated carbocycles. The van der Waals surface area contributed by atoms with Gasteiger partial charge in [-0.1, -0.05) is 0 Å². The molecule has 1 fully saturated rings. The molecule has 0 aromatic rings. The first-order valence-electron chi connectivity index (χ1n) is 6.30. The Kier molecular flexibility index (Phi) is 5.94. The van der Waals surface area contributed by atoms with E-state index >= 15 is 0 Å². The third kappa shape index (κ3) is 5.58. The van der Waals surface area contributed by atoms with Crippen molar-refractivity contribution >= 4 is 27.8 Å². The van der Waals surface area contributed by atoms with Gasteiger partial charge in [0.15, 0.2) is 9.84 Å². The molecule has 10 heteroatoms. The molecular formula is C11H18N2O7S. The highest BCUT2D eigenvalue weighted by atomic mass is 32.2. The number of urea groups is 1. The molecule has 0 aliphatic carbocycles. The standard InChI is InChI=1S/C11H18N2O7S/c1-20-9(14)3-2-8(10(15)16)12-11(17)13-4-6-21(18,19)7-5-13/h8H,2-7H2,1H3,(H,12,17)(H,15,16)/t8-/m0/s1. The monoisotopic (exact) mass is 322 g/mol. The Morgan fingerprint density at radius 3 is 2.33 bits per heavy atom. The van der Waals surface area contributed by atoms with Gasteiger partial charge in [0, 0.05) is 19.5 Å². The quantitative estimate of drug-likeness (QED) is 0.610. The number of hydrogen-bond acceptors (Lipinski definition) is 6. The number of amides is 2. The summed E-state index contributed by atoms with van der Waals surface area (Å²) in [5.41, 5.74) is 0. The second-order valence-corrected chi connectivity index (χ2v) is 6.90. The molecule has 0 aromatic carbocycles. The Labute approximate surface area is 122 Å². The zero-order valence-corrected chi connectivity index (χ0v) is 12.4. The minimum atomic E-state index is -3.12. The van der Waals surface area contributed by atoms with Gasteiger partial charge in [-0.15, -0.1) is 0 Å². The van der Waals surface area contributed by atoms with Crippen molar-refractivity contribution in [3.8, 4) is 0 Å². The van der Waals surface area contributed by atoms with E-state index in [1.807, 2.05) is 0 Å². The highest BCUT2D eigenvalue weighted by molar-refractivity contribution is 7.91. The van der Waals surface area contributed by atoms with Crippen LogP contribution < -0.4 is 5.32 Å². The molecule has 1 saturated heterocycles. The molecule has 1 heterocycles. The number of hydrogen-bond donors (Lipinski definition) is 2. The van der Waals surface area contributed by atoms with Gasteiger partial charge in [-0.05, 0) is 6.42 Å². The first-order valence-corrected chi connectivity index (χ1v) is 8.13. The van der Waals surface area contributed by atoms with Gasteiger partial charge in [0.1, 0.15) is 6.04 Å². The largest absolute Gasteiger partial charge is 0.480 e. The molecule has 0 unspecified atom stereocenters. The van der Waals surface area contributed by atoms with Crippen molar-refractivity contribution in [2.75, 3.05) is 31.7 Å². The molecular weight excluding hydrogens is 304 g/mol. The summed E-state index contributed by atoms with van der Waals surface area (Å²) in [6.45, 7) is 0.0506. The van der Waals surface area contributed by atoms with Gasteiger partial charge < -0.3 is 20.1 Å². The fourth-order valence-electron chi connectivity index (χ4n) is 1.78. The van der Waals surface area contributed by atoms with E-state index in [1.54, 1.807) is 0 Å². The van der Waals surface area contributed by atoms with E-state index in [9.17, 15) is 22.8 Å². The number of sulfone groups is 1. The summed E-state index contributed by atoms with van der Waals surface area (Å²) < 4.78 is 26.9. The first kappa shape index (κ1) is 17.2. The van der Waals surface area contributed by atoms with Gasteiger partial charge >= 0.3 is 18.0 Å². The maximum atomic E-state index is 11.9. The summed E-state index contributed by atoms with van der Waals surface area (Å²) in [5, 5.41) is 11.3. The van der Waals surface area contributed by atoms with E-state index in [0.29, 0.717) is 0 Å². The lowest BCUT2D eigenvalue weighted by atomic mass is 10.1. The Morgan fingerprint density at radius 2 is 1.86 bits per heavy atom. The molecule has 1 atom stereocenters. The SMILES string of the molecule is COC(=O)CC[C@H](NC(=O)N1CCS(=O)(=O)CC1)C(=O)O. The highest BCUT2D eigenvalue weighted by Crippen LogP contribution is 2.06. The molecule has 0 spiro atoms. The van der Waals surface area contributed by atoms with Crippen molar-refractivity contribution in [1.82, 2.24) is 10.2 Å². The number of esters is 1. The van der Waals surface area contributed by atoms with E-state index in [1.165, 1.54) is 12.0 Å². The number of carbonyl (C=O) groups excluding carboxylic acids is 2. The Morgan fingerprint density at radius 1 is 1.29 bits per heavy atom. The van der Waals surface area contributed by atoms with Crippen LogP contribution in [0.15, 0.2) is 0 Å². The molecule has 21 heavy (non-hydrogen) atoms. The van der Waals surface area contributed by atoms with Gasteiger partial charge in [0.2, 0.25) is 0 Å². The zero-order valence-electron chi connectivity index (χ0n) is 11.6. The smallest absolute Gasteiger partial charge is 0.326 e. The molecule has 0 bridgehead atoms. The summed E-state index contributed by atoms with van der Waals surface area (Å²) >= 11 is 0. The number of nitrogens with one attached hydrogen (secondary N) is 1. The number of ether oxygens (including phenoxy) is 1. The van der Waals surface area contributed by atoms with E-state index in [4.69, 9.17) is 5.11 Å². The number of carboxylic acids is 1. The number of methoxy groups -OCH3 is 1. The van der Waals surface area contributed by atoms with Gasteiger partial charge in [-0.25, -0.2) is 18.0 Å². The highest BCUT2D eigenvalue weighted by Gasteiger charge is 2.28. The normalized spacial score (nSPS) is 18.6. The molecule has 2 amide bonds. The molecule has 9 nitrogen and oxygen atoms in total. The van der Waals surface area contributed by atoms with Gasteiger partial charge in [0.25, 0.3) is 0 Å². The lowest BCUT2D eigenvalue weighted by molar-refractivity contribution is -0.142. The number of nitrogens with zero attached hydrogens (tertiary/aromatic N) is 1. The van der Waals surface area contributed by atoms with Crippen molar-refractivity contribution < 1.29 is 32.6 Å². The second-order valence-electron chi connectivity index (χ2n) is 4.59. The van der Waals surface area contributed by atoms with Crippen LogP contribution in [0.1, 0.15) is 12.8 Å². The van der Waals surface area contributed by atoms with Crippen LogP contribution in [0.2, 0.25) is 0 Å². The van der Waals surface area contributed by atoms with Crippen LogP contribution in [-0.2, 0) is 24.2 Å². The summed E-state index contributed by atoms with van der Waals surface area (Å²) in [4.78, 5) is 35.2. The number of aliphatic carboxylic acids is 1. The fraction of sp³-hybridized carbons (Fsp3) is 0.727. The van der Waals surface area contributed by atoms with Crippen molar-refractivity contribution in [1.29, 1.82) is 0 Å². The number of carbonyl (C=O) groups is 3. The van der Waals surface area contributed by atoms with Crippen LogP contribution in [-0.4, -0.2) is 74.1 Å². The molecule has 1 rings (SSSR count). The fourth-order valence-corrected chi connectivity index (χ4v) is 2.98. The van der Waals surface area contributed by atoms with Crippen molar-refractivity contribution in [3.63, 3.8) is 0 Å². The van der Waals surface area contributed by atoms with E-state index < -0.39 is 33.8 Å². The van der Waals surface area contributed by atoms with Crippen LogP contribution >= 0.6 is 0 Å². The third-order valence-electron chi connectivity index (χ3n) is 3.09. The lowest BCUT2D eigenvalue weighted by Gasteiger charge is -2.28. The number of rotatable bonds is 5. The lowest BCUT2D eigenvalue weighted by Crippen LogP contribution is -2.52. The maximum Gasteiger partial charge on any atom is 0.326 e. The molecule has 2 N–H and O–H groups in total. The topological polar surface area (TPSA) is 130 Å². The van der Waals surface area contributed by atoms with Gasteiger partial charge in [-0.2, -0.15) is 0 Å². The van der Waals surface area contributed by atoms with Crippen LogP contribution in [0.4, 0.5) is 4.79 Å². The van der Waals surface area contributed by atoms with Gasteiger partial charge in [0.05, 0.1) is 18.6 Å². The molecule has 1 aliphatic heterocycles. The molecule has 120 valence electrons. The minimum absolute atomic E-state index is 0.0253. The summed E-state index contributed by atoms with van der Waals surface area (Å²) in [6, 6.07) is -1.88. The third-order valence-corrected chi connectivity index (χ3v) is 4.70. The minimum Gasteiger partial charge on any atom is -0.480 e. The summed E-state index contributed by atoms with van der Waals surface area (Å²) in [7, 11) is -1.93. The Balaban J connectivity index is 2.53. The first-order chi connectivity index (χ1) is 9.75. The molecule has 0 aromatic heterocycles. The van der Waals surface area contributed by atoms with Crippen LogP contribution in [0, 0.1) is 0 Å². The predicted octanol–water partition coefficient (Wildman–Crippen LogP) is -1.17. The molecule has 0 radical (unpaired) electrons. The zero-order chi connectivity index (χ0) is 16.0. The maximum absolute atomic E-state index is 11.9. The van der Waals surface area contributed by atoms with Crippen LogP contribution in [0.5, 0.6) is 0 Å². The van der Waals surface area contributed by atoms with Crippen molar-refractivity contribution in [2.45, 2.75) is 18.9 Å². The second kappa shape index (κ2) is 7.25. The average Bonchev–Trinajstić information content (AvgIpc) is 2.42. The van der Waals surface area contributed by atoms with Crippen LogP contribution in [0.3, 0.4) is 0 Å². The van der Waals surface area contributed by atoms with Crippen molar-refractivity contribution in [3.05, 3.63) is 0 Å². The van der Waals surface area contributed by atoms with E-state index in [0.717, 1.165) is 0 Å².